The zero-order chi connectivity index (χ0) is 17.8. The van der Waals surface area contributed by atoms with E-state index >= 15 is 0 Å². The minimum atomic E-state index is 0. The molecule has 0 amide bonds. The number of hydrogen-bond donors (Lipinski definition) is 0. The second-order valence-corrected chi connectivity index (χ2v) is 4.00. The zero-order valence-corrected chi connectivity index (χ0v) is 15.8. The Kier molecular flexibility index (Phi) is 13.2. The summed E-state index contributed by atoms with van der Waals surface area (Å²) in [6.45, 7) is 16.0. The highest BCUT2D eigenvalue weighted by Gasteiger charge is 2.12. The lowest BCUT2D eigenvalue weighted by molar-refractivity contribution is 0.935. The highest BCUT2D eigenvalue weighted by molar-refractivity contribution is 5.62. The summed E-state index contributed by atoms with van der Waals surface area (Å²) in [4.78, 5) is 9.01. The predicted octanol–water partition coefficient (Wildman–Crippen LogP) is 6.12. The molecule has 0 radical (unpaired) electrons. The lowest BCUT2D eigenvalue weighted by atomic mass is 10.2. The minimum Gasteiger partial charge on any atom is -0.251 e. The summed E-state index contributed by atoms with van der Waals surface area (Å²) < 4.78 is 1.83. The van der Waals surface area contributed by atoms with Crippen molar-refractivity contribution in [2.75, 3.05) is 0 Å². The molecule has 0 fully saturated rings. The molecule has 0 aliphatic carbocycles. The van der Waals surface area contributed by atoms with Gasteiger partial charge >= 0.3 is 0 Å². The van der Waals surface area contributed by atoms with Crippen LogP contribution in [0.5, 0.6) is 0 Å². The van der Waals surface area contributed by atoms with Crippen molar-refractivity contribution in [3.63, 3.8) is 0 Å². The monoisotopic (exact) mass is 330 g/mol. The van der Waals surface area contributed by atoms with E-state index in [1.807, 2.05) is 90.2 Å². The predicted molar refractivity (Wildman–Crippen MR) is 106 cm³/mol. The van der Waals surface area contributed by atoms with Crippen molar-refractivity contribution in [1.82, 2.24) is 19.6 Å². The smallest absolute Gasteiger partial charge is 0.154 e. The summed E-state index contributed by atoms with van der Waals surface area (Å²) in [7, 11) is 0. The van der Waals surface area contributed by atoms with Crippen LogP contribution in [0.4, 0.5) is 0 Å². The molecule has 3 heterocycles. The van der Waals surface area contributed by atoms with E-state index in [1.54, 1.807) is 6.20 Å². The average Bonchev–Trinajstić information content (AvgIpc) is 2.96. The maximum atomic E-state index is 4.53. The van der Waals surface area contributed by atoms with Gasteiger partial charge in [0.25, 0.3) is 0 Å². The Labute approximate surface area is 148 Å². The van der Waals surface area contributed by atoms with Crippen molar-refractivity contribution >= 4 is 5.65 Å². The molecule has 0 aliphatic rings. The van der Waals surface area contributed by atoms with Crippen molar-refractivity contribution < 1.29 is 0 Å². The second-order valence-electron chi connectivity index (χ2n) is 4.00. The van der Waals surface area contributed by atoms with Crippen LogP contribution in [0.2, 0.25) is 0 Å². The van der Waals surface area contributed by atoms with Gasteiger partial charge in [-0.2, -0.15) is 5.10 Å². The third-order valence-corrected chi connectivity index (χ3v) is 2.70. The van der Waals surface area contributed by atoms with Gasteiger partial charge in [0.2, 0.25) is 0 Å². The molecule has 134 valence electrons. The minimum absolute atomic E-state index is 0. The van der Waals surface area contributed by atoms with Crippen LogP contribution in [-0.2, 0) is 0 Å². The number of nitrogens with zero attached hydrogens (tertiary/aromatic N) is 4. The van der Waals surface area contributed by atoms with Gasteiger partial charge in [-0.3, -0.25) is 4.98 Å². The summed E-state index contributed by atoms with van der Waals surface area (Å²) in [6.07, 6.45) is 1.76. The molecule has 0 saturated carbocycles. The van der Waals surface area contributed by atoms with Crippen LogP contribution < -0.4 is 0 Å². The Morgan fingerprint density at radius 2 is 1.42 bits per heavy atom. The molecule has 24 heavy (non-hydrogen) atoms. The summed E-state index contributed by atoms with van der Waals surface area (Å²) in [5, 5.41) is 4.32. The van der Waals surface area contributed by atoms with Gasteiger partial charge in [-0.05, 0) is 38.1 Å². The van der Waals surface area contributed by atoms with Crippen LogP contribution in [0.3, 0.4) is 0 Å². The summed E-state index contributed by atoms with van der Waals surface area (Å²) in [5.41, 5.74) is 4.66. The molecule has 0 aliphatic heterocycles. The van der Waals surface area contributed by atoms with E-state index in [0.29, 0.717) is 0 Å². The number of aryl methyl sites for hydroxylation is 2. The van der Waals surface area contributed by atoms with Crippen molar-refractivity contribution in [3.8, 4) is 11.4 Å². The lowest BCUT2D eigenvalue weighted by Gasteiger charge is -2.02. The fourth-order valence-electron chi connectivity index (χ4n) is 1.97. The number of aromatic nitrogens is 4. The molecule has 0 N–H and O–H groups in total. The van der Waals surface area contributed by atoms with Crippen LogP contribution in [0, 0.1) is 13.8 Å². The highest BCUT2D eigenvalue weighted by Crippen LogP contribution is 2.21. The van der Waals surface area contributed by atoms with Crippen LogP contribution in [0.15, 0.2) is 36.5 Å². The van der Waals surface area contributed by atoms with E-state index in [1.165, 1.54) is 0 Å². The molecular weight excluding hydrogens is 296 g/mol. The maximum absolute atomic E-state index is 4.53. The molecule has 0 unspecified atom stereocenters. The average molecular weight is 331 g/mol. The molecule has 0 saturated heterocycles. The van der Waals surface area contributed by atoms with Gasteiger partial charge in [-0.15, -0.1) is 0 Å². The molecule has 4 heteroatoms. The van der Waals surface area contributed by atoms with Gasteiger partial charge in [0.15, 0.2) is 5.65 Å². The molecule has 0 bridgehead atoms. The third-order valence-electron chi connectivity index (χ3n) is 2.70. The Morgan fingerprint density at radius 1 is 0.792 bits per heavy atom. The van der Waals surface area contributed by atoms with Gasteiger partial charge < -0.3 is 0 Å². The Morgan fingerprint density at radius 3 is 2.00 bits per heavy atom. The van der Waals surface area contributed by atoms with Gasteiger partial charge in [0.05, 0.1) is 11.4 Å². The van der Waals surface area contributed by atoms with Gasteiger partial charge in [0.1, 0.15) is 5.69 Å². The molecule has 3 rings (SSSR count). The van der Waals surface area contributed by atoms with Crippen molar-refractivity contribution in [3.05, 3.63) is 47.9 Å². The number of rotatable bonds is 1. The van der Waals surface area contributed by atoms with Crippen LogP contribution >= 0.6 is 0 Å². The van der Waals surface area contributed by atoms with Crippen LogP contribution in [0.1, 0.15) is 60.4 Å². The zero-order valence-electron chi connectivity index (χ0n) is 15.8. The van der Waals surface area contributed by atoms with E-state index in [2.05, 4.69) is 15.1 Å². The Hall–Kier alpha value is -2.23. The molecule has 0 aromatic carbocycles. The van der Waals surface area contributed by atoms with Gasteiger partial charge in [-0.1, -0.05) is 55.0 Å². The highest BCUT2D eigenvalue weighted by atomic mass is 15.3. The van der Waals surface area contributed by atoms with E-state index < -0.39 is 0 Å². The number of hydrogen-bond acceptors (Lipinski definition) is 3. The third kappa shape index (κ3) is 5.76. The first-order chi connectivity index (χ1) is 11.3. The van der Waals surface area contributed by atoms with E-state index in [-0.39, 0.29) is 7.43 Å². The molecule has 0 spiro atoms. The number of fused-ring (bicyclic) bond motifs is 1. The van der Waals surface area contributed by atoms with Crippen molar-refractivity contribution in [2.24, 2.45) is 0 Å². The fourth-order valence-corrected chi connectivity index (χ4v) is 1.97. The fraction of sp³-hybridized carbons (Fsp3) is 0.450. The first-order valence-electron chi connectivity index (χ1n) is 8.50. The van der Waals surface area contributed by atoms with Crippen LogP contribution in [-0.4, -0.2) is 19.6 Å². The van der Waals surface area contributed by atoms with E-state index in [9.17, 15) is 0 Å². The first-order valence-corrected chi connectivity index (χ1v) is 8.50. The SMILES string of the molecule is C.CC.CC.CC.Cc1cccc(-c2c(C)nc3cccnn23)n1. The van der Waals surface area contributed by atoms with Gasteiger partial charge in [0, 0.05) is 11.9 Å². The first kappa shape index (κ1) is 24.0. The van der Waals surface area contributed by atoms with E-state index in [4.69, 9.17) is 0 Å². The number of pyridine rings is 1. The molecule has 4 nitrogen and oxygen atoms in total. The molecular formula is C20H34N4. The molecule has 3 aromatic rings. The second kappa shape index (κ2) is 13.2. The molecule has 3 aromatic heterocycles. The standard InChI is InChI=1S/C13H12N4.3C2H6.CH4/c1-9-5-3-6-11(15-9)13-10(2)16-12-7-4-8-14-17(12)13;3*1-2;/h3-8H,1-2H3;3*1-2H3;1H4. The van der Waals surface area contributed by atoms with Crippen molar-refractivity contribution in [1.29, 1.82) is 0 Å². The Balaban J connectivity index is 0. The van der Waals surface area contributed by atoms with E-state index in [0.717, 1.165) is 28.4 Å². The largest absolute Gasteiger partial charge is 0.251 e. The number of imidazole rings is 1. The lowest BCUT2D eigenvalue weighted by Crippen LogP contribution is -1.96. The summed E-state index contributed by atoms with van der Waals surface area (Å²) >= 11 is 0. The quantitative estimate of drug-likeness (QED) is 0.539. The topological polar surface area (TPSA) is 43.1 Å². The summed E-state index contributed by atoms with van der Waals surface area (Å²) in [6, 6.07) is 9.79. The summed E-state index contributed by atoms with van der Waals surface area (Å²) in [5.74, 6) is 0. The van der Waals surface area contributed by atoms with Crippen LogP contribution in [0.25, 0.3) is 17.0 Å². The normalized spacial score (nSPS) is 8.50. The van der Waals surface area contributed by atoms with Crippen molar-refractivity contribution in [2.45, 2.75) is 62.8 Å². The Bertz CT molecular complexity index is 687. The maximum Gasteiger partial charge on any atom is 0.154 e. The van der Waals surface area contributed by atoms with Gasteiger partial charge in [-0.25, -0.2) is 9.50 Å². The molecule has 0 atom stereocenters.